The normalized spacial score (nSPS) is 13.7. The first kappa shape index (κ1) is 22.0. The Hall–Kier alpha value is -4.46. The molecule has 0 radical (unpaired) electrons. The van der Waals surface area contributed by atoms with Crippen molar-refractivity contribution in [3.05, 3.63) is 90.5 Å². The topological polar surface area (TPSA) is 76.3 Å². The molecule has 2 aromatic carbocycles. The minimum absolute atomic E-state index is 0.121. The van der Waals surface area contributed by atoms with Crippen molar-refractivity contribution in [3.8, 4) is 33.8 Å². The SMILES string of the molecule is Cc1nccnc1-c1nn2ccc(-c3ccc(-c4ccccc4)cc3)nc2c1C(=O)N1CC(CF)C1. The van der Waals surface area contributed by atoms with Crippen LogP contribution in [0.2, 0.25) is 0 Å². The molecule has 6 rings (SSSR count). The van der Waals surface area contributed by atoms with E-state index in [1.54, 1.807) is 28.0 Å². The highest BCUT2D eigenvalue weighted by Gasteiger charge is 2.35. The maximum atomic E-state index is 13.6. The standard InChI is InChI=1S/C28H23FN6O/c1-18-25(31-13-12-30-18)26-24(28(36)34-16-19(15-29)17-34)27-32-23(11-14-35(27)33-26)22-9-7-21(8-10-22)20-5-3-2-4-6-20/h2-14,19H,15-17H2,1H3. The van der Waals surface area contributed by atoms with Crippen LogP contribution in [0.1, 0.15) is 16.1 Å². The van der Waals surface area contributed by atoms with E-state index in [4.69, 9.17) is 4.98 Å². The number of carbonyl (C=O) groups excluding carboxylic acids is 1. The predicted molar refractivity (Wildman–Crippen MR) is 135 cm³/mol. The molecule has 1 aliphatic heterocycles. The molecule has 1 fully saturated rings. The molecular formula is C28H23FN6O. The summed E-state index contributed by atoms with van der Waals surface area (Å²) in [5, 5.41) is 4.66. The zero-order chi connectivity index (χ0) is 24.6. The Kier molecular flexibility index (Phi) is 5.48. The van der Waals surface area contributed by atoms with Gasteiger partial charge in [-0.1, -0.05) is 54.6 Å². The van der Waals surface area contributed by atoms with Crippen LogP contribution < -0.4 is 0 Å². The van der Waals surface area contributed by atoms with Crippen LogP contribution in [-0.2, 0) is 0 Å². The number of aromatic nitrogens is 5. The molecule has 4 heterocycles. The number of benzene rings is 2. The Morgan fingerprint density at radius 2 is 1.61 bits per heavy atom. The first-order valence-electron chi connectivity index (χ1n) is 11.8. The maximum absolute atomic E-state index is 13.6. The van der Waals surface area contributed by atoms with Crippen LogP contribution >= 0.6 is 0 Å². The molecule has 7 nitrogen and oxygen atoms in total. The van der Waals surface area contributed by atoms with Crippen molar-refractivity contribution in [1.82, 2.24) is 29.5 Å². The molecule has 178 valence electrons. The van der Waals surface area contributed by atoms with E-state index in [9.17, 15) is 9.18 Å². The summed E-state index contributed by atoms with van der Waals surface area (Å²) < 4.78 is 14.7. The molecule has 0 saturated carbocycles. The van der Waals surface area contributed by atoms with E-state index < -0.39 is 6.67 Å². The van der Waals surface area contributed by atoms with Gasteiger partial charge in [0.15, 0.2) is 5.65 Å². The van der Waals surface area contributed by atoms with Gasteiger partial charge in [0.25, 0.3) is 5.91 Å². The number of carbonyl (C=O) groups is 1. The molecule has 0 unspecified atom stereocenters. The van der Waals surface area contributed by atoms with E-state index in [1.807, 2.05) is 43.3 Å². The number of likely N-dealkylation sites (tertiary alicyclic amines) is 1. The van der Waals surface area contributed by atoms with E-state index in [2.05, 4.69) is 39.3 Å². The lowest BCUT2D eigenvalue weighted by atomic mass is 9.99. The number of halogens is 1. The molecule has 0 N–H and O–H groups in total. The number of amides is 1. The van der Waals surface area contributed by atoms with Gasteiger partial charge in [-0.2, -0.15) is 5.10 Å². The van der Waals surface area contributed by atoms with Gasteiger partial charge in [-0.3, -0.25) is 19.2 Å². The Balaban J connectivity index is 1.44. The fourth-order valence-electron chi connectivity index (χ4n) is 4.55. The quantitative estimate of drug-likeness (QED) is 0.360. The van der Waals surface area contributed by atoms with Gasteiger partial charge >= 0.3 is 0 Å². The van der Waals surface area contributed by atoms with Gasteiger partial charge in [-0.15, -0.1) is 0 Å². The summed E-state index contributed by atoms with van der Waals surface area (Å²) in [6.45, 7) is 2.16. The highest BCUT2D eigenvalue weighted by Crippen LogP contribution is 2.31. The first-order valence-corrected chi connectivity index (χ1v) is 11.8. The fourth-order valence-corrected chi connectivity index (χ4v) is 4.55. The molecule has 8 heteroatoms. The minimum Gasteiger partial charge on any atom is -0.338 e. The second-order valence-corrected chi connectivity index (χ2v) is 8.97. The van der Waals surface area contributed by atoms with Crippen LogP contribution in [-0.4, -0.2) is 55.1 Å². The summed E-state index contributed by atoms with van der Waals surface area (Å²) in [6, 6.07) is 20.2. The average molecular weight is 479 g/mol. The lowest BCUT2D eigenvalue weighted by molar-refractivity contribution is 0.0455. The van der Waals surface area contributed by atoms with Gasteiger partial charge in [-0.05, 0) is 24.1 Å². The van der Waals surface area contributed by atoms with E-state index in [0.29, 0.717) is 41.4 Å². The average Bonchev–Trinajstić information content (AvgIpc) is 3.27. The van der Waals surface area contributed by atoms with Crippen molar-refractivity contribution < 1.29 is 9.18 Å². The van der Waals surface area contributed by atoms with Crippen LogP contribution in [0.3, 0.4) is 0 Å². The molecule has 0 atom stereocenters. The Labute approximate surface area is 207 Å². The van der Waals surface area contributed by atoms with E-state index >= 15 is 0 Å². The monoisotopic (exact) mass is 478 g/mol. The van der Waals surface area contributed by atoms with Crippen molar-refractivity contribution >= 4 is 11.6 Å². The number of fused-ring (bicyclic) bond motifs is 1. The van der Waals surface area contributed by atoms with Crippen LogP contribution in [0.4, 0.5) is 4.39 Å². The third-order valence-corrected chi connectivity index (χ3v) is 6.55. The number of rotatable bonds is 5. The zero-order valence-electron chi connectivity index (χ0n) is 19.7. The Morgan fingerprint density at radius 1 is 0.917 bits per heavy atom. The van der Waals surface area contributed by atoms with Gasteiger partial charge in [0.1, 0.15) is 17.0 Å². The second-order valence-electron chi connectivity index (χ2n) is 8.97. The van der Waals surface area contributed by atoms with Crippen LogP contribution in [0.5, 0.6) is 0 Å². The third kappa shape index (κ3) is 3.80. The zero-order valence-corrected chi connectivity index (χ0v) is 19.7. The van der Waals surface area contributed by atoms with Gasteiger partial charge < -0.3 is 4.90 Å². The van der Waals surface area contributed by atoms with Crippen molar-refractivity contribution in [2.24, 2.45) is 5.92 Å². The number of alkyl halides is 1. The summed E-state index contributed by atoms with van der Waals surface area (Å²) in [4.78, 5) is 28.8. The molecule has 1 saturated heterocycles. The maximum Gasteiger partial charge on any atom is 0.260 e. The molecule has 5 aromatic rings. The predicted octanol–water partition coefficient (Wildman–Crippen LogP) is 4.87. The third-order valence-electron chi connectivity index (χ3n) is 6.55. The van der Waals surface area contributed by atoms with E-state index in [1.165, 1.54) is 0 Å². The number of hydrogen-bond donors (Lipinski definition) is 0. The van der Waals surface area contributed by atoms with Crippen molar-refractivity contribution in [2.75, 3.05) is 19.8 Å². The lowest BCUT2D eigenvalue weighted by Crippen LogP contribution is -2.50. The van der Waals surface area contributed by atoms with E-state index in [-0.39, 0.29) is 11.8 Å². The summed E-state index contributed by atoms with van der Waals surface area (Å²) in [5.41, 5.74) is 6.33. The highest BCUT2D eigenvalue weighted by atomic mass is 19.1. The molecule has 0 aliphatic carbocycles. The Bertz CT molecular complexity index is 1560. The van der Waals surface area contributed by atoms with Crippen LogP contribution in [0.15, 0.2) is 79.3 Å². The van der Waals surface area contributed by atoms with Gasteiger partial charge in [0.2, 0.25) is 0 Å². The van der Waals surface area contributed by atoms with Crippen molar-refractivity contribution in [2.45, 2.75) is 6.92 Å². The summed E-state index contributed by atoms with van der Waals surface area (Å²) in [5.74, 6) is -0.344. The molecule has 0 spiro atoms. The van der Waals surface area contributed by atoms with Gasteiger partial charge in [0, 0.05) is 43.2 Å². The van der Waals surface area contributed by atoms with Crippen molar-refractivity contribution in [3.63, 3.8) is 0 Å². The van der Waals surface area contributed by atoms with Crippen LogP contribution in [0.25, 0.3) is 39.4 Å². The van der Waals surface area contributed by atoms with Crippen molar-refractivity contribution in [1.29, 1.82) is 0 Å². The summed E-state index contributed by atoms with van der Waals surface area (Å²) in [6.07, 6.45) is 4.98. The molecule has 1 aliphatic rings. The number of aryl methyl sites for hydroxylation is 1. The molecule has 0 bridgehead atoms. The lowest BCUT2D eigenvalue weighted by Gasteiger charge is -2.37. The Morgan fingerprint density at radius 3 is 2.33 bits per heavy atom. The fraction of sp³-hybridized carbons (Fsp3) is 0.179. The first-order chi connectivity index (χ1) is 17.6. The minimum atomic E-state index is -0.434. The molecule has 1 amide bonds. The smallest absolute Gasteiger partial charge is 0.260 e. The number of nitrogens with zero attached hydrogens (tertiary/aromatic N) is 6. The van der Waals surface area contributed by atoms with Gasteiger partial charge in [0.05, 0.1) is 18.1 Å². The second kappa shape index (κ2) is 8.96. The van der Waals surface area contributed by atoms with E-state index in [0.717, 1.165) is 22.4 Å². The molecular weight excluding hydrogens is 455 g/mol. The summed E-state index contributed by atoms with van der Waals surface area (Å²) >= 11 is 0. The highest BCUT2D eigenvalue weighted by molar-refractivity contribution is 6.06. The molecule has 36 heavy (non-hydrogen) atoms. The van der Waals surface area contributed by atoms with Gasteiger partial charge in [-0.25, -0.2) is 9.50 Å². The largest absolute Gasteiger partial charge is 0.338 e. The van der Waals surface area contributed by atoms with Crippen LogP contribution in [0, 0.1) is 12.8 Å². The molecule has 3 aromatic heterocycles. The number of hydrogen-bond acceptors (Lipinski definition) is 5. The summed E-state index contributed by atoms with van der Waals surface area (Å²) in [7, 11) is 0.